The molecule has 1 amide bonds. The van der Waals surface area contributed by atoms with Crippen LogP contribution in [-0.4, -0.2) is 59.4 Å². The third-order valence-electron chi connectivity index (χ3n) is 8.36. The van der Waals surface area contributed by atoms with Crippen LogP contribution in [0.25, 0.3) is 11.2 Å². The molecule has 1 fully saturated rings. The molecule has 4 aromatic rings. The highest BCUT2D eigenvalue weighted by Crippen LogP contribution is 2.38. The van der Waals surface area contributed by atoms with Crippen molar-refractivity contribution >= 4 is 17.1 Å². The van der Waals surface area contributed by atoms with Gasteiger partial charge >= 0.3 is 11.9 Å². The molecule has 14 heteroatoms. The number of alkyl halides is 3. The molecule has 1 N–H and O–H groups in total. The van der Waals surface area contributed by atoms with Crippen molar-refractivity contribution in [1.29, 1.82) is 0 Å². The Kier molecular flexibility index (Phi) is 7.31. The maximum Gasteiger partial charge on any atom is 0.396 e. The topological polar surface area (TPSA) is 102 Å². The fourth-order valence-electron chi connectivity index (χ4n) is 6.32. The number of rotatable bonds is 5. The summed E-state index contributed by atoms with van der Waals surface area (Å²) in [5.41, 5.74) is 1.01. The molecular formula is C28H28F5N7O2. The minimum absolute atomic E-state index is 0.00980. The summed E-state index contributed by atoms with van der Waals surface area (Å²) in [5, 5.41) is 7.85. The summed E-state index contributed by atoms with van der Waals surface area (Å²) in [6.45, 7) is 0.746. The number of carbonyl (C=O) groups excluding carboxylic acids is 1. The predicted octanol–water partition coefficient (Wildman–Crippen LogP) is 4.61. The molecule has 6 rings (SSSR count). The summed E-state index contributed by atoms with van der Waals surface area (Å²) in [4.78, 5) is 34.7. The van der Waals surface area contributed by atoms with Gasteiger partial charge in [0.1, 0.15) is 18.1 Å². The second-order valence-electron chi connectivity index (χ2n) is 11.0. The van der Waals surface area contributed by atoms with Crippen LogP contribution < -0.4 is 5.69 Å². The monoisotopic (exact) mass is 589 g/mol. The number of H-pyrrole nitrogens is 1. The molecule has 0 unspecified atom stereocenters. The third kappa shape index (κ3) is 5.41. The summed E-state index contributed by atoms with van der Waals surface area (Å²) in [7, 11) is 0. The summed E-state index contributed by atoms with van der Waals surface area (Å²) in [6, 6.07) is 7.24. The highest BCUT2D eigenvalue weighted by molar-refractivity contribution is 5.77. The van der Waals surface area contributed by atoms with E-state index in [2.05, 4.69) is 20.2 Å². The lowest BCUT2D eigenvalue weighted by Gasteiger charge is -2.33. The molecular weight excluding hydrogens is 561 g/mol. The van der Waals surface area contributed by atoms with Crippen molar-refractivity contribution in [3.05, 3.63) is 75.9 Å². The number of imidazole rings is 1. The Hall–Kier alpha value is -4.10. The van der Waals surface area contributed by atoms with E-state index in [1.807, 2.05) is 6.07 Å². The number of pyridine rings is 1. The molecule has 2 atom stereocenters. The Balaban J connectivity index is 1.20. The number of likely N-dealkylation sites (tertiary alicyclic amines) is 1. The molecule has 9 nitrogen and oxygen atoms in total. The van der Waals surface area contributed by atoms with Crippen LogP contribution in [-0.2, 0) is 17.8 Å². The first-order valence-corrected chi connectivity index (χ1v) is 13.8. The quantitative estimate of drug-likeness (QED) is 0.343. The smallest absolute Gasteiger partial charge is 0.343 e. The van der Waals surface area contributed by atoms with E-state index in [9.17, 15) is 31.5 Å². The van der Waals surface area contributed by atoms with Crippen molar-refractivity contribution < 1.29 is 26.7 Å². The zero-order chi connectivity index (χ0) is 29.6. The Morgan fingerprint density at radius 1 is 1.02 bits per heavy atom. The van der Waals surface area contributed by atoms with E-state index in [4.69, 9.17) is 0 Å². The van der Waals surface area contributed by atoms with Gasteiger partial charge in [-0.2, -0.15) is 13.2 Å². The molecule has 1 saturated heterocycles. The summed E-state index contributed by atoms with van der Waals surface area (Å²) >= 11 is 0. The number of piperidine rings is 1. The van der Waals surface area contributed by atoms with Crippen LogP contribution in [0.4, 0.5) is 22.0 Å². The number of halogens is 5. The Morgan fingerprint density at radius 2 is 1.81 bits per heavy atom. The van der Waals surface area contributed by atoms with Crippen molar-refractivity contribution in [3.63, 3.8) is 0 Å². The number of nitrogens with zero attached hydrogens (tertiary/aromatic N) is 6. The molecule has 0 spiro atoms. The molecule has 2 aliphatic rings. The normalized spacial score (nSPS) is 20.1. The molecule has 1 aromatic carbocycles. The van der Waals surface area contributed by atoms with Gasteiger partial charge in [0.2, 0.25) is 5.91 Å². The maximum absolute atomic E-state index is 14.7. The van der Waals surface area contributed by atoms with Crippen LogP contribution in [0.1, 0.15) is 67.2 Å². The van der Waals surface area contributed by atoms with E-state index in [0.717, 1.165) is 6.07 Å². The van der Waals surface area contributed by atoms with Gasteiger partial charge in [-0.1, -0.05) is 12.1 Å². The lowest BCUT2D eigenvalue weighted by Crippen LogP contribution is -2.41. The Morgan fingerprint density at radius 3 is 2.57 bits per heavy atom. The number of aromatic amines is 1. The van der Waals surface area contributed by atoms with Crippen molar-refractivity contribution in [2.75, 3.05) is 13.1 Å². The minimum atomic E-state index is -4.55. The van der Waals surface area contributed by atoms with Crippen molar-refractivity contribution in [3.8, 4) is 0 Å². The van der Waals surface area contributed by atoms with Crippen molar-refractivity contribution in [2.45, 2.75) is 69.1 Å². The minimum Gasteiger partial charge on any atom is -0.343 e. The van der Waals surface area contributed by atoms with Gasteiger partial charge in [-0.25, -0.2) is 18.6 Å². The summed E-state index contributed by atoms with van der Waals surface area (Å²) < 4.78 is 71.8. The van der Waals surface area contributed by atoms with Crippen molar-refractivity contribution in [2.24, 2.45) is 0 Å². The van der Waals surface area contributed by atoms with Crippen LogP contribution in [0.15, 0.2) is 41.3 Å². The van der Waals surface area contributed by atoms with Gasteiger partial charge < -0.3 is 9.47 Å². The number of aromatic nitrogens is 6. The number of carbonyl (C=O) groups is 1. The summed E-state index contributed by atoms with van der Waals surface area (Å²) in [5.74, 6) is -3.49. The highest BCUT2D eigenvalue weighted by atomic mass is 19.4. The average molecular weight is 590 g/mol. The molecule has 0 aliphatic carbocycles. The van der Waals surface area contributed by atoms with Gasteiger partial charge in [-0.15, -0.1) is 10.2 Å². The van der Waals surface area contributed by atoms with Crippen LogP contribution in [0.2, 0.25) is 0 Å². The zero-order valence-electron chi connectivity index (χ0n) is 22.4. The maximum atomic E-state index is 14.7. The number of nitrogens with one attached hydrogen (secondary N) is 1. The fraction of sp³-hybridized carbons (Fsp3) is 0.464. The van der Waals surface area contributed by atoms with Gasteiger partial charge in [0, 0.05) is 50.1 Å². The van der Waals surface area contributed by atoms with Gasteiger partial charge in [0.05, 0.1) is 5.52 Å². The lowest BCUT2D eigenvalue weighted by molar-refractivity contribution is -0.133. The molecule has 2 aliphatic heterocycles. The van der Waals surface area contributed by atoms with Gasteiger partial charge in [-0.05, 0) is 49.4 Å². The SMILES string of the molecule is O=C(C[C@H]1CC[C@@H](c2cccc(F)c2F)Cn2c(CC(F)(F)F)nnc21)N1CCC(n2c(=O)[nH]c3ncccc32)CC1. The van der Waals surface area contributed by atoms with E-state index in [1.54, 1.807) is 21.7 Å². The Bertz CT molecular complexity index is 1670. The van der Waals surface area contributed by atoms with Crippen LogP contribution in [0.5, 0.6) is 0 Å². The zero-order valence-corrected chi connectivity index (χ0v) is 22.4. The fourth-order valence-corrected chi connectivity index (χ4v) is 6.32. The van der Waals surface area contributed by atoms with Crippen LogP contribution in [0.3, 0.4) is 0 Å². The molecule has 0 bridgehead atoms. The van der Waals surface area contributed by atoms with E-state index in [1.165, 1.54) is 16.7 Å². The van der Waals surface area contributed by atoms with Crippen molar-refractivity contribution in [1.82, 2.24) is 34.2 Å². The van der Waals surface area contributed by atoms with E-state index in [0.29, 0.717) is 49.9 Å². The first-order valence-electron chi connectivity index (χ1n) is 13.8. The van der Waals surface area contributed by atoms with Gasteiger partial charge in [-0.3, -0.25) is 14.3 Å². The second kappa shape index (κ2) is 11.0. The number of fused-ring (bicyclic) bond motifs is 2. The molecule has 0 radical (unpaired) electrons. The molecule has 42 heavy (non-hydrogen) atoms. The Labute approximate surface area is 236 Å². The predicted molar refractivity (Wildman–Crippen MR) is 141 cm³/mol. The molecule has 0 saturated carbocycles. The largest absolute Gasteiger partial charge is 0.396 e. The van der Waals surface area contributed by atoms with E-state index in [-0.39, 0.29) is 47.8 Å². The number of benzene rings is 1. The summed E-state index contributed by atoms with van der Waals surface area (Å²) in [6.07, 6.45) is -2.53. The number of hydrogen-bond donors (Lipinski definition) is 1. The van der Waals surface area contributed by atoms with E-state index < -0.39 is 36.1 Å². The van der Waals surface area contributed by atoms with Gasteiger partial charge in [0.15, 0.2) is 17.3 Å². The standard InChI is InChI=1S/C28H28F5N7O2/c29-20-4-1-3-19(24(20)30)17-7-6-16(26-37-36-22(39(26)15-17)14-28(31,32)33)13-23(41)38-11-8-18(9-12-38)40-21-5-2-10-34-25(21)35-27(40)42/h1-5,10,16-18H,6-9,11-15H2,(H,34,35,42)/t16-,17-/m1/s1. The second-order valence-corrected chi connectivity index (χ2v) is 11.0. The molecule has 222 valence electrons. The first-order chi connectivity index (χ1) is 20.1. The lowest BCUT2D eigenvalue weighted by atomic mass is 9.89. The molecule has 5 heterocycles. The first kappa shape index (κ1) is 28.0. The number of hydrogen-bond acceptors (Lipinski definition) is 5. The van der Waals surface area contributed by atoms with E-state index >= 15 is 0 Å². The van der Waals surface area contributed by atoms with Crippen LogP contribution in [0, 0.1) is 11.6 Å². The van der Waals surface area contributed by atoms with Crippen LogP contribution >= 0.6 is 0 Å². The highest BCUT2D eigenvalue weighted by Gasteiger charge is 2.37. The third-order valence-corrected chi connectivity index (χ3v) is 8.36. The average Bonchev–Trinajstić information content (AvgIpc) is 3.43. The number of amides is 1. The van der Waals surface area contributed by atoms with Gasteiger partial charge in [0.25, 0.3) is 0 Å². The molecule has 3 aromatic heterocycles.